The van der Waals surface area contributed by atoms with E-state index in [1.807, 2.05) is 0 Å². The van der Waals surface area contributed by atoms with Crippen molar-refractivity contribution in [3.05, 3.63) is 0 Å². The molecule has 0 aromatic heterocycles. The first kappa shape index (κ1) is 15.2. The molecule has 0 radical (unpaired) electrons. The first-order valence-electron chi connectivity index (χ1n) is 7.73. The highest BCUT2D eigenvalue weighted by Crippen LogP contribution is 2.40. The Morgan fingerprint density at radius 1 is 1.19 bits per heavy atom. The summed E-state index contributed by atoms with van der Waals surface area (Å²) in [6.45, 7) is 0. The quantitative estimate of drug-likeness (QED) is 0.784. The standard InChI is InChI=1S/C14H21F2NO3S/c15-14(16)7-6-11-12(9-14)21(18,19)17-13(20-11)8-10-4-2-1-3-5-10/h10-12H,1-9H2. The minimum Gasteiger partial charge on any atom is -0.475 e. The van der Waals surface area contributed by atoms with Gasteiger partial charge in [-0.2, -0.15) is 0 Å². The van der Waals surface area contributed by atoms with Crippen molar-refractivity contribution in [1.82, 2.24) is 0 Å². The SMILES string of the molecule is O=S1(=O)N=C(CC2CCCCC2)OC2CCC(F)(F)CC21. The second kappa shape index (κ2) is 5.48. The van der Waals surface area contributed by atoms with Gasteiger partial charge in [0, 0.05) is 19.3 Å². The summed E-state index contributed by atoms with van der Waals surface area (Å²) in [7, 11) is -3.87. The smallest absolute Gasteiger partial charge is 0.262 e. The van der Waals surface area contributed by atoms with E-state index in [2.05, 4.69) is 4.40 Å². The Kier molecular flexibility index (Phi) is 3.96. The second-order valence-electron chi connectivity index (χ2n) is 6.50. The van der Waals surface area contributed by atoms with Crippen LogP contribution in [0, 0.1) is 5.92 Å². The molecule has 1 heterocycles. The van der Waals surface area contributed by atoms with Crippen LogP contribution in [0.2, 0.25) is 0 Å². The number of alkyl halides is 2. The summed E-state index contributed by atoms with van der Waals surface area (Å²) in [4.78, 5) is 0. The van der Waals surface area contributed by atoms with Crippen LogP contribution in [-0.4, -0.2) is 31.6 Å². The maximum atomic E-state index is 13.4. The highest BCUT2D eigenvalue weighted by molar-refractivity contribution is 7.91. The molecule has 2 unspecified atom stereocenters. The molecule has 2 atom stereocenters. The van der Waals surface area contributed by atoms with Crippen LogP contribution in [0.25, 0.3) is 0 Å². The van der Waals surface area contributed by atoms with Gasteiger partial charge in [0.25, 0.3) is 10.0 Å². The van der Waals surface area contributed by atoms with Crippen LogP contribution in [0.1, 0.15) is 57.8 Å². The van der Waals surface area contributed by atoms with E-state index in [0.29, 0.717) is 12.3 Å². The van der Waals surface area contributed by atoms with E-state index in [-0.39, 0.29) is 18.7 Å². The molecule has 120 valence electrons. The maximum Gasteiger partial charge on any atom is 0.262 e. The Hall–Kier alpha value is -0.720. The fourth-order valence-electron chi connectivity index (χ4n) is 3.63. The zero-order valence-corrected chi connectivity index (χ0v) is 12.7. The van der Waals surface area contributed by atoms with Crippen molar-refractivity contribution in [2.75, 3.05) is 0 Å². The van der Waals surface area contributed by atoms with Crippen LogP contribution in [-0.2, 0) is 14.8 Å². The van der Waals surface area contributed by atoms with Crippen molar-refractivity contribution in [1.29, 1.82) is 0 Å². The Morgan fingerprint density at radius 2 is 1.90 bits per heavy atom. The molecule has 4 nitrogen and oxygen atoms in total. The van der Waals surface area contributed by atoms with Crippen LogP contribution in [0.4, 0.5) is 8.78 Å². The summed E-state index contributed by atoms with van der Waals surface area (Å²) >= 11 is 0. The second-order valence-corrected chi connectivity index (χ2v) is 8.32. The molecule has 2 saturated carbocycles. The Balaban J connectivity index is 1.74. The number of fused-ring (bicyclic) bond motifs is 1. The number of halogens is 2. The normalized spacial score (nSPS) is 35.4. The third kappa shape index (κ3) is 3.38. The van der Waals surface area contributed by atoms with Crippen LogP contribution in [0.3, 0.4) is 0 Å². The Morgan fingerprint density at radius 3 is 2.62 bits per heavy atom. The molecule has 2 aliphatic carbocycles. The lowest BCUT2D eigenvalue weighted by atomic mass is 9.87. The summed E-state index contributed by atoms with van der Waals surface area (Å²) in [6, 6.07) is 0. The maximum absolute atomic E-state index is 13.4. The van der Waals surface area contributed by atoms with E-state index < -0.39 is 33.7 Å². The minimum atomic E-state index is -3.87. The average Bonchev–Trinajstić information content (AvgIpc) is 2.40. The predicted octanol–water partition coefficient (Wildman–Crippen LogP) is 3.27. The number of hydrogen-bond donors (Lipinski definition) is 0. The molecule has 0 aromatic carbocycles. The van der Waals surface area contributed by atoms with Gasteiger partial charge in [-0.3, -0.25) is 0 Å². The summed E-state index contributed by atoms with van der Waals surface area (Å²) < 4.78 is 60.5. The molecule has 0 bridgehead atoms. The van der Waals surface area contributed by atoms with E-state index in [1.54, 1.807) is 0 Å². The fraction of sp³-hybridized carbons (Fsp3) is 0.929. The van der Waals surface area contributed by atoms with Gasteiger partial charge in [0.15, 0.2) is 0 Å². The van der Waals surface area contributed by atoms with E-state index in [9.17, 15) is 17.2 Å². The molecule has 0 spiro atoms. The van der Waals surface area contributed by atoms with Crippen molar-refractivity contribution >= 4 is 15.9 Å². The predicted molar refractivity (Wildman–Crippen MR) is 75.0 cm³/mol. The fourth-order valence-corrected chi connectivity index (χ4v) is 5.20. The van der Waals surface area contributed by atoms with Crippen molar-refractivity contribution < 1.29 is 21.9 Å². The summed E-state index contributed by atoms with van der Waals surface area (Å²) in [5.41, 5.74) is 0. The van der Waals surface area contributed by atoms with Gasteiger partial charge in [-0.15, -0.1) is 4.40 Å². The Labute approximate surface area is 124 Å². The van der Waals surface area contributed by atoms with Gasteiger partial charge < -0.3 is 4.74 Å². The number of rotatable bonds is 2. The summed E-state index contributed by atoms with van der Waals surface area (Å²) in [6.07, 6.45) is 4.66. The summed E-state index contributed by atoms with van der Waals surface area (Å²) in [5, 5.41) is -1.18. The van der Waals surface area contributed by atoms with Crippen molar-refractivity contribution in [2.45, 2.75) is 75.1 Å². The largest absolute Gasteiger partial charge is 0.475 e. The lowest BCUT2D eigenvalue weighted by Crippen LogP contribution is -2.48. The van der Waals surface area contributed by atoms with Gasteiger partial charge in [0.1, 0.15) is 11.4 Å². The van der Waals surface area contributed by atoms with Crippen LogP contribution < -0.4 is 0 Å². The molecule has 0 aromatic rings. The number of hydrogen-bond acceptors (Lipinski definition) is 3. The molecule has 3 aliphatic rings. The molecule has 7 heteroatoms. The van der Waals surface area contributed by atoms with Crippen LogP contribution in [0.15, 0.2) is 4.40 Å². The van der Waals surface area contributed by atoms with Gasteiger partial charge in [0.2, 0.25) is 11.8 Å². The monoisotopic (exact) mass is 321 g/mol. The van der Waals surface area contributed by atoms with E-state index >= 15 is 0 Å². The zero-order chi connectivity index (χ0) is 15.1. The molecule has 21 heavy (non-hydrogen) atoms. The average molecular weight is 321 g/mol. The van der Waals surface area contributed by atoms with Gasteiger partial charge in [-0.05, 0) is 25.2 Å². The van der Waals surface area contributed by atoms with Crippen molar-refractivity contribution in [3.63, 3.8) is 0 Å². The lowest BCUT2D eigenvalue weighted by molar-refractivity contribution is -0.0598. The number of ether oxygens (including phenoxy) is 1. The molecule has 0 N–H and O–H groups in total. The van der Waals surface area contributed by atoms with Crippen molar-refractivity contribution in [2.24, 2.45) is 10.3 Å². The minimum absolute atomic E-state index is 0.0839. The number of sulfonamides is 1. The molecule has 0 saturated heterocycles. The van der Waals surface area contributed by atoms with Gasteiger partial charge in [-0.25, -0.2) is 17.2 Å². The molecule has 3 rings (SSSR count). The van der Waals surface area contributed by atoms with Gasteiger partial charge in [-0.1, -0.05) is 19.3 Å². The molecule has 2 fully saturated rings. The molecule has 1 aliphatic heterocycles. The zero-order valence-electron chi connectivity index (χ0n) is 11.9. The molecule has 0 amide bonds. The summed E-state index contributed by atoms with van der Waals surface area (Å²) in [5.74, 6) is -2.27. The van der Waals surface area contributed by atoms with E-state index in [1.165, 1.54) is 6.42 Å². The van der Waals surface area contributed by atoms with Crippen LogP contribution in [0.5, 0.6) is 0 Å². The topological polar surface area (TPSA) is 55.7 Å². The van der Waals surface area contributed by atoms with Gasteiger partial charge >= 0.3 is 0 Å². The molecular weight excluding hydrogens is 300 g/mol. The number of nitrogens with zero attached hydrogens (tertiary/aromatic N) is 1. The molecular formula is C14H21F2NO3S. The Bertz CT molecular complexity index is 526. The third-order valence-electron chi connectivity index (χ3n) is 4.80. The lowest BCUT2D eigenvalue weighted by Gasteiger charge is -2.37. The van der Waals surface area contributed by atoms with Crippen molar-refractivity contribution in [3.8, 4) is 0 Å². The highest BCUT2D eigenvalue weighted by Gasteiger charge is 2.50. The van der Waals surface area contributed by atoms with Crippen LogP contribution >= 0.6 is 0 Å². The first-order chi connectivity index (χ1) is 9.86. The third-order valence-corrected chi connectivity index (χ3v) is 6.49. The van der Waals surface area contributed by atoms with Gasteiger partial charge in [0.05, 0.1) is 0 Å². The highest BCUT2D eigenvalue weighted by atomic mass is 32.2. The first-order valence-corrected chi connectivity index (χ1v) is 9.23. The van der Waals surface area contributed by atoms with E-state index in [4.69, 9.17) is 4.74 Å². The van der Waals surface area contributed by atoms with E-state index in [0.717, 1.165) is 25.7 Å².